The Labute approximate surface area is 111 Å². The number of carbonyl (C=O) groups is 1. The lowest BCUT2D eigenvalue weighted by Gasteiger charge is -2.05. The van der Waals surface area contributed by atoms with Crippen LogP contribution < -0.4 is 5.32 Å². The maximum Gasteiger partial charge on any atom is 0.152 e. The molecule has 0 saturated carbocycles. The molecule has 17 heavy (non-hydrogen) atoms. The lowest BCUT2D eigenvalue weighted by Crippen LogP contribution is -2.24. The molecule has 1 N–H and O–H groups in total. The highest BCUT2D eigenvalue weighted by atomic mass is 79.9. The third kappa shape index (κ3) is 3.64. The lowest BCUT2D eigenvalue weighted by molar-refractivity contribution is -0.117. The molecule has 0 bridgehead atoms. The normalized spacial score (nSPS) is 10.8. The average molecular weight is 302 g/mol. The summed E-state index contributed by atoms with van der Waals surface area (Å²) in [7, 11) is 0. The Hall–Kier alpha value is -0.680. The maximum absolute atomic E-state index is 11.8. The van der Waals surface area contributed by atoms with Crippen LogP contribution in [-0.4, -0.2) is 28.7 Å². The van der Waals surface area contributed by atoms with E-state index in [1.54, 1.807) is 0 Å². The number of rotatable bonds is 7. The molecule has 0 fully saturated rings. The summed E-state index contributed by atoms with van der Waals surface area (Å²) >= 11 is 3.54. The Kier molecular flexibility index (Phi) is 5.85. The quantitative estimate of drug-likeness (QED) is 0.837. The van der Waals surface area contributed by atoms with Crippen LogP contribution in [-0.2, 0) is 24.2 Å². The fourth-order valence-electron chi connectivity index (χ4n) is 1.70. The summed E-state index contributed by atoms with van der Waals surface area (Å²) in [5, 5.41) is 7.53. The van der Waals surface area contributed by atoms with E-state index in [1.807, 2.05) is 18.5 Å². The van der Waals surface area contributed by atoms with Crippen molar-refractivity contribution in [3.63, 3.8) is 0 Å². The monoisotopic (exact) mass is 301 g/mol. The highest BCUT2D eigenvalue weighted by molar-refractivity contribution is 9.10. The van der Waals surface area contributed by atoms with Gasteiger partial charge >= 0.3 is 0 Å². The van der Waals surface area contributed by atoms with Crippen LogP contribution in [0.15, 0.2) is 4.47 Å². The first kappa shape index (κ1) is 14.4. The molecule has 0 radical (unpaired) electrons. The van der Waals surface area contributed by atoms with Gasteiger partial charge in [-0.15, -0.1) is 0 Å². The van der Waals surface area contributed by atoms with Crippen molar-refractivity contribution in [2.24, 2.45) is 0 Å². The topological polar surface area (TPSA) is 46.9 Å². The van der Waals surface area contributed by atoms with Crippen molar-refractivity contribution < 1.29 is 4.79 Å². The number of hydrogen-bond donors (Lipinski definition) is 1. The molecule has 0 aliphatic rings. The van der Waals surface area contributed by atoms with E-state index in [-0.39, 0.29) is 5.78 Å². The van der Waals surface area contributed by atoms with Gasteiger partial charge in [0.25, 0.3) is 0 Å². The summed E-state index contributed by atoms with van der Waals surface area (Å²) < 4.78 is 2.90. The molecule has 0 amide bonds. The van der Waals surface area contributed by atoms with E-state index < -0.39 is 0 Å². The smallest absolute Gasteiger partial charge is 0.152 e. The van der Waals surface area contributed by atoms with E-state index in [0.717, 1.165) is 35.4 Å². The molecular formula is C12H20BrN3O. The van der Waals surface area contributed by atoms with E-state index >= 15 is 0 Å². The second kappa shape index (κ2) is 6.91. The number of Topliss-reactive ketones (excluding diaryl/α,β-unsaturated/α-hetero) is 1. The van der Waals surface area contributed by atoms with Gasteiger partial charge in [-0.3, -0.25) is 9.48 Å². The maximum atomic E-state index is 11.8. The van der Waals surface area contributed by atoms with Crippen molar-refractivity contribution in [3.8, 4) is 0 Å². The Bertz CT molecular complexity index is 387. The van der Waals surface area contributed by atoms with Gasteiger partial charge in [-0.2, -0.15) is 5.10 Å². The average Bonchev–Trinajstić information content (AvgIpc) is 2.63. The van der Waals surface area contributed by atoms with Crippen LogP contribution in [0.3, 0.4) is 0 Å². The van der Waals surface area contributed by atoms with Crippen LogP contribution in [0.2, 0.25) is 0 Å². The minimum atomic E-state index is 0.199. The zero-order valence-corrected chi connectivity index (χ0v) is 12.3. The largest absolute Gasteiger partial charge is 0.310 e. The summed E-state index contributed by atoms with van der Waals surface area (Å²) in [6.07, 6.45) is 1.32. The standard InChI is InChI=1S/C12H20BrN3O/c1-4-10-12(13)11(16(6-3)15-10)7-9(17)8-14-5-2/h14H,4-8H2,1-3H3. The summed E-state index contributed by atoms with van der Waals surface area (Å²) in [6, 6.07) is 0. The first-order valence-electron chi connectivity index (χ1n) is 6.10. The molecule has 0 spiro atoms. The van der Waals surface area contributed by atoms with Crippen LogP contribution in [0, 0.1) is 0 Å². The molecule has 0 aliphatic heterocycles. The van der Waals surface area contributed by atoms with E-state index in [4.69, 9.17) is 0 Å². The molecule has 1 aromatic heterocycles. The zero-order chi connectivity index (χ0) is 12.8. The van der Waals surface area contributed by atoms with Gasteiger partial charge in [-0.1, -0.05) is 13.8 Å². The lowest BCUT2D eigenvalue weighted by atomic mass is 10.2. The summed E-state index contributed by atoms with van der Waals surface area (Å²) in [5.41, 5.74) is 2.02. The van der Waals surface area contributed by atoms with Crippen molar-refractivity contribution in [2.45, 2.75) is 40.2 Å². The van der Waals surface area contributed by atoms with Crippen molar-refractivity contribution in [1.82, 2.24) is 15.1 Å². The second-order valence-electron chi connectivity index (χ2n) is 3.87. The van der Waals surface area contributed by atoms with Crippen LogP contribution in [0.5, 0.6) is 0 Å². The number of aromatic nitrogens is 2. The fourth-order valence-corrected chi connectivity index (χ4v) is 2.40. The highest BCUT2D eigenvalue weighted by Crippen LogP contribution is 2.22. The number of aryl methyl sites for hydroxylation is 2. The molecule has 1 aromatic rings. The van der Waals surface area contributed by atoms with Gasteiger partial charge in [0.2, 0.25) is 0 Å². The first-order chi connectivity index (χ1) is 8.13. The number of ketones is 1. The predicted octanol–water partition coefficient (Wildman–Crippen LogP) is 1.95. The second-order valence-corrected chi connectivity index (χ2v) is 4.67. The van der Waals surface area contributed by atoms with E-state index in [1.165, 1.54) is 0 Å². The van der Waals surface area contributed by atoms with Gasteiger partial charge in [-0.05, 0) is 35.8 Å². The van der Waals surface area contributed by atoms with Crippen molar-refractivity contribution in [3.05, 3.63) is 15.9 Å². The minimum Gasteiger partial charge on any atom is -0.310 e. The van der Waals surface area contributed by atoms with Gasteiger partial charge < -0.3 is 5.32 Å². The van der Waals surface area contributed by atoms with Gasteiger partial charge in [0, 0.05) is 6.54 Å². The van der Waals surface area contributed by atoms with E-state index in [9.17, 15) is 4.79 Å². The molecule has 1 heterocycles. The van der Waals surface area contributed by atoms with Crippen molar-refractivity contribution in [2.75, 3.05) is 13.1 Å². The van der Waals surface area contributed by atoms with Crippen LogP contribution in [0.25, 0.3) is 0 Å². The Balaban J connectivity index is 2.81. The van der Waals surface area contributed by atoms with Gasteiger partial charge in [0.1, 0.15) is 0 Å². The number of hydrogen-bond acceptors (Lipinski definition) is 3. The molecule has 96 valence electrons. The molecule has 4 nitrogen and oxygen atoms in total. The third-order valence-electron chi connectivity index (χ3n) is 2.63. The summed E-state index contributed by atoms with van der Waals surface area (Å²) in [5.74, 6) is 0.199. The molecule has 0 atom stereocenters. The molecule has 5 heteroatoms. The number of halogens is 1. The van der Waals surface area contributed by atoms with Crippen molar-refractivity contribution >= 4 is 21.7 Å². The Morgan fingerprint density at radius 1 is 1.41 bits per heavy atom. The number of carbonyl (C=O) groups excluding carboxylic acids is 1. The summed E-state index contributed by atoms with van der Waals surface area (Å²) in [4.78, 5) is 11.8. The number of nitrogens with one attached hydrogen (secondary N) is 1. The molecule has 1 rings (SSSR count). The summed E-state index contributed by atoms with van der Waals surface area (Å²) in [6.45, 7) is 8.14. The zero-order valence-electron chi connectivity index (χ0n) is 10.7. The first-order valence-corrected chi connectivity index (χ1v) is 6.89. The molecule has 0 saturated heterocycles. The molecule has 0 aliphatic carbocycles. The molecular weight excluding hydrogens is 282 g/mol. The van der Waals surface area contributed by atoms with Crippen LogP contribution >= 0.6 is 15.9 Å². The van der Waals surface area contributed by atoms with Crippen LogP contribution in [0.1, 0.15) is 32.2 Å². The van der Waals surface area contributed by atoms with Crippen molar-refractivity contribution in [1.29, 1.82) is 0 Å². The Morgan fingerprint density at radius 3 is 2.65 bits per heavy atom. The number of likely N-dealkylation sites (N-methyl/N-ethyl adjacent to an activating group) is 1. The van der Waals surface area contributed by atoms with Gasteiger partial charge in [-0.25, -0.2) is 0 Å². The minimum absolute atomic E-state index is 0.199. The molecule has 0 unspecified atom stereocenters. The fraction of sp³-hybridized carbons (Fsp3) is 0.667. The van der Waals surface area contributed by atoms with E-state index in [0.29, 0.717) is 13.0 Å². The third-order valence-corrected chi connectivity index (χ3v) is 3.55. The SMILES string of the molecule is CCNCC(=O)Cc1c(Br)c(CC)nn1CC. The highest BCUT2D eigenvalue weighted by Gasteiger charge is 2.16. The van der Waals surface area contributed by atoms with Gasteiger partial charge in [0.15, 0.2) is 5.78 Å². The van der Waals surface area contributed by atoms with E-state index in [2.05, 4.69) is 33.3 Å². The number of nitrogens with zero attached hydrogens (tertiary/aromatic N) is 2. The van der Waals surface area contributed by atoms with Gasteiger partial charge in [0.05, 0.1) is 28.8 Å². The Morgan fingerprint density at radius 2 is 2.12 bits per heavy atom. The molecule has 0 aromatic carbocycles. The van der Waals surface area contributed by atoms with Crippen LogP contribution in [0.4, 0.5) is 0 Å². The predicted molar refractivity (Wildman–Crippen MR) is 72.2 cm³/mol.